The summed E-state index contributed by atoms with van der Waals surface area (Å²) in [6.45, 7) is 4.78. The zero-order valence-electron chi connectivity index (χ0n) is 8.70. The van der Waals surface area contributed by atoms with Crippen molar-refractivity contribution in [3.63, 3.8) is 0 Å². The van der Waals surface area contributed by atoms with Crippen molar-refractivity contribution in [3.8, 4) is 16.2 Å². The van der Waals surface area contributed by atoms with Gasteiger partial charge in [-0.05, 0) is 26.0 Å². The molecule has 2 aromatic rings. The van der Waals surface area contributed by atoms with Gasteiger partial charge >= 0.3 is 0 Å². The molecule has 76 valence electrons. The molecule has 0 aliphatic carbocycles. The van der Waals surface area contributed by atoms with E-state index in [0.717, 1.165) is 11.4 Å². The summed E-state index contributed by atoms with van der Waals surface area (Å²) in [5, 5.41) is 0. The largest absolute Gasteiger partial charge is 0.487 e. The van der Waals surface area contributed by atoms with Crippen LogP contribution >= 0.6 is 11.3 Å². The molecule has 0 bridgehead atoms. The average molecular weight is 217 g/mol. The highest BCUT2D eigenvalue weighted by atomic mass is 32.1. The maximum atomic E-state index is 5.71. The van der Waals surface area contributed by atoms with Gasteiger partial charge in [-0.15, -0.1) is 11.3 Å². The highest BCUT2D eigenvalue weighted by molar-refractivity contribution is 7.15. The summed E-state index contributed by atoms with van der Waals surface area (Å²) in [6, 6.07) is 4.20. The molecule has 3 rings (SSSR count). The molecule has 1 aliphatic rings. The Kier molecular flexibility index (Phi) is 1.83. The lowest BCUT2D eigenvalue weighted by molar-refractivity contribution is 0.303. The molecule has 2 aromatic heterocycles. The monoisotopic (exact) mass is 217 g/mol. The third-order valence-electron chi connectivity index (χ3n) is 2.58. The second-order valence-corrected chi connectivity index (χ2v) is 5.08. The van der Waals surface area contributed by atoms with Crippen LogP contribution in [0.1, 0.15) is 16.1 Å². The van der Waals surface area contributed by atoms with Gasteiger partial charge in [-0.1, -0.05) is 0 Å². The van der Waals surface area contributed by atoms with Crippen LogP contribution in [-0.2, 0) is 6.61 Å². The van der Waals surface area contributed by atoms with Crippen LogP contribution in [0, 0.1) is 13.8 Å². The summed E-state index contributed by atoms with van der Waals surface area (Å²) < 4.78 is 5.71. The quantitative estimate of drug-likeness (QED) is 0.675. The SMILES string of the molecule is Cc1cc2c(cn1)-c1sc(C)cc1OC2. The lowest BCUT2D eigenvalue weighted by Crippen LogP contribution is -2.04. The fourth-order valence-corrected chi connectivity index (χ4v) is 2.88. The minimum atomic E-state index is 0.669. The van der Waals surface area contributed by atoms with Gasteiger partial charge < -0.3 is 4.74 Å². The number of hydrogen-bond acceptors (Lipinski definition) is 3. The summed E-state index contributed by atoms with van der Waals surface area (Å²) >= 11 is 1.77. The van der Waals surface area contributed by atoms with Crippen LogP contribution in [0.4, 0.5) is 0 Å². The maximum absolute atomic E-state index is 5.71. The first-order valence-electron chi connectivity index (χ1n) is 4.93. The third-order valence-corrected chi connectivity index (χ3v) is 3.64. The molecule has 0 radical (unpaired) electrons. The predicted molar refractivity (Wildman–Crippen MR) is 61.4 cm³/mol. The fraction of sp³-hybridized carbons (Fsp3) is 0.250. The Labute approximate surface area is 92.6 Å². The molecular formula is C12H11NOS. The normalized spacial score (nSPS) is 12.9. The Morgan fingerprint density at radius 3 is 3.07 bits per heavy atom. The van der Waals surface area contributed by atoms with E-state index in [2.05, 4.69) is 24.0 Å². The zero-order chi connectivity index (χ0) is 10.4. The average Bonchev–Trinajstić information content (AvgIpc) is 2.58. The molecule has 15 heavy (non-hydrogen) atoms. The van der Waals surface area contributed by atoms with Gasteiger partial charge in [0.15, 0.2) is 0 Å². The van der Waals surface area contributed by atoms with Crippen molar-refractivity contribution in [3.05, 3.63) is 34.5 Å². The molecule has 0 spiro atoms. The van der Waals surface area contributed by atoms with Crippen molar-refractivity contribution in [1.82, 2.24) is 4.98 Å². The van der Waals surface area contributed by atoms with Crippen LogP contribution in [0.5, 0.6) is 5.75 Å². The van der Waals surface area contributed by atoms with Gasteiger partial charge in [-0.2, -0.15) is 0 Å². The van der Waals surface area contributed by atoms with Gasteiger partial charge in [0.05, 0.1) is 4.88 Å². The Bertz CT molecular complexity index is 530. The number of ether oxygens (including phenoxy) is 1. The molecule has 2 nitrogen and oxygen atoms in total. The molecule has 0 amide bonds. The molecule has 0 aromatic carbocycles. The van der Waals surface area contributed by atoms with E-state index in [1.165, 1.54) is 20.9 Å². The lowest BCUT2D eigenvalue weighted by atomic mass is 10.1. The van der Waals surface area contributed by atoms with Gasteiger partial charge in [0.2, 0.25) is 0 Å². The van der Waals surface area contributed by atoms with Gasteiger partial charge in [0, 0.05) is 27.9 Å². The molecule has 0 N–H and O–H groups in total. The summed E-state index contributed by atoms with van der Waals surface area (Å²) in [4.78, 5) is 6.86. The number of aryl methyl sites for hydroxylation is 2. The van der Waals surface area contributed by atoms with Gasteiger partial charge in [-0.25, -0.2) is 0 Å². The third kappa shape index (κ3) is 1.35. The van der Waals surface area contributed by atoms with E-state index in [9.17, 15) is 0 Å². The fourth-order valence-electron chi connectivity index (χ4n) is 1.88. The number of thiophene rings is 1. The van der Waals surface area contributed by atoms with Crippen molar-refractivity contribution in [2.75, 3.05) is 0 Å². The van der Waals surface area contributed by atoms with Crippen LogP contribution in [0.25, 0.3) is 10.4 Å². The second kappa shape index (κ2) is 3.07. The van der Waals surface area contributed by atoms with Crippen molar-refractivity contribution in [2.45, 2.75) is 20.5 Å². The minimum absolute atomic E-state index is 0.669. The van der Waals surface area contributed by atoms with Gasteiger partial charge in [-0.3, -0.25) is 4.98 Å². The number of rotatable bonds is 0. The van der Waals surface area contributed by atoms with Crippen LogP contribution in [0.15, 0.2) is 18.3 Å². The number of hydrogen-bond donors (Lipinski definition) is 0. The highest BCUT2D eigenvalue weighted by Gasteiger charge is 2.19. The van der Waals surface area contributed by atoms with E-state index < -0.39 is 0 Å². The van der Waals surface area contributed by atoms with E-state index in [4.69, 9.17) is 4.74 Å². The number of pyridine rings is 1. The van der Waals surface area contributed by atoms with E-state index in [0.29, 0.717) is 6.61 Å². The summed E-state index contributed by atoms with van der Waals surface area (Å²) in [7, 11) is 0. The second-order valence-electron chi connectivity index (χ2n) is 3.82. The highest BCUT2D eigenvalue weighted by Crippen LogP contribution is 2.43. The maximum Gasteiger partial charge on any atom is 0.138 e. The number of fused-ring (bicyclic) bond motifs is 3. The number of aromatic nitrogens is 1. The first-order valence-corrected chi connectivity index (χ1v) is 5.75. The van der Waals surface area contributed by atoms with Crippen LogP contribution in [-0.4, -0.2) is 4.98 Å². The molecule has 0 saturated heterocycles. The van der Waals surface area contributed by atoms with Crippen molar-refractivity contribution in [1.29, 1.82) is 0 Å². The Morgan fingerprint density at radius 1 is 1.33 bits per heavy atom. The minimum Gasteiger partial charge on any atom is -0.487 e. The van der Waals surface area contributed by atoms with Crippen molar-refractivity contribution in [2.24, 2.45) is 0 Å². The number of nitrogens with zero attached hydrogens (tertiary/aromatic N) is 1. The van der Waals surface area contributed by atoms with E-state index in [-0.39, 0.29) is 0 Å². The topological polar surface area (TPSA) is 22.1 Å². The molecule has 0 atom stereocenters. The summed E-state index contributed by atoms with van der Waals surface area (Å²) in [5.74, 6) is 1.01. The molecular weight excluding hydrogens is 206 g/mol. The smallest absolute Gasteiger partial charge is 0.138 e. The first kappa shape index (κ1) is 8.92. The van der Waals surface area contributed by atoms with Gasteiger partial charge in [0.1, 0.15) is 12.4 Å². The van der Waals surface area contributed by atoms with Crippen molar-refractivity contribution >= 4 is 11.3 Å². The van der Waals surface area contributed by atoms with Crippen LogP contribution in [0.2, 0.25) is 0 Å². The van der Waals surface area contributed by atoms with E-state index in [1.54, 1.807) is 11.3 Å². The van der Waals surface area contributed by atoms with Crippen LogP contribution < -0.4 is 4.74 Å². The molecule has 0 unspecified atom stereocenters. The summed E-state index contributed by atoms with van der Waals surface area (Å²) in [5.41, 5.74) is 3.53. The Hall–Kier alpha value is -1.35. The Balaban J connectivity index is 2.25. The van der Waals surface area contributed by atoms with Crippen LogP contribution in [0.3, 0.4) is 0 Å². The summed E-state index contributed by atoms with van der Waals surface area (Å²) in [6.07, 6.45) is 1.96. The van der Waals surface area contributed by atoms with E-state index >= 15 is 0 Å². The van der Waals surface area contributed by atoms with E-state index in [1.807, 2.05) is 13.1 Å². The lowest BCUT2D eigenvalue weighted by Gasteiger charge is -2.17. The predicted octanol–water partition coefficient (Wildman–Crippen LogP) is 3.32. The molecule has 1 aliphatic heterocycles. The first-order chi connectivity index (χ1) is 7.24. The molecule has 0 fully saturated rings. The van der Waals surface area contributed by atoms with Gasteiger partial charge in [0.25, 0.3) is 0 Å². The molecule has 3 heterocycles. The zero-order valence-corrected chi connectivity index (χ0v) is 9.52. The van der Waals surface area contributed by atoms with Crippen molar-refractivity contribution < 1.29 is 4.74 Å². The molecule has 0 saturated carbocycles. The Morgan fingerprint density at radius 2 is 2.20 bits per heavy atom. The molecule has 3 heteroatoms. The standard InChI is InChI=1S/C12H11NOS/c1-7-3-9-6-14-11-4-8(2)15-12(11)10(9)5-13-7/h3-5H,6H2,1-2H3.